The molecule has 1 amide bonds. The number of alkyl halides is 5. The van der Waals surface area contributed by atoms with Gasteiger partial charge in [0.05, 0.1) is 38.7 Å². The van der Waals surface area contributed by atoms with Crippen LogP contribution in [0.5, 0.6) is 5.75 Å². The molecule has 1 aromatic heterocycles. The van der Waals surface area contributed by atoms with Gasteiger partial charge in [-0.2, -0.15) is 13.2 Å². The van der Waals surface area contributed by atoms with Gasteiger partial charge in [-0.1, -0.05) is 47.5 Å². The number of carbonyl (C=O) groups excluding carboxylic acids is 1. The third-order valence-electron chi connectivity index (χ3n) is 5.72. The summed E-state index contributed by atoms with van der Waals surface area (Å²) in [5.41, 5.74) is -2.66. The standard InChI is InChI=1S/C25H16Cl2F5N3O3/c1-11-6-7-17(33-23(37)13-8-15(26)20(36)16(27)9-13)18-19(11)34-22(21(28)29)35(24(18)38)10-12-4-2-3-5-14(12)25(30,31)32/h2-9,21,36H,10H2,1H3,(H,33,37). The molecule has 6 nitrogen and oxygen atoms in total. The number of rotatable bonds is 5. The highest BCUT2D eigenvalue weighted by molar-refractivity contribution is 6.37. The van der Waals surface area contributed by atoms with E-state index in [9.17, 15) is 36.6 Å². The van der Waals surface area contributed by atoms with Gasteiger partial charge in [-0.05, 0) is 42.3 Å². The number of hydrogen-bond donors (Lipinski definition) is 2. The van der Waals surface area contributed by atoms with Crippen molar-refractivity contribution in [2.75, 3.05) is 5.32 Å². The molecule has 0 fully saturated rings. The fraction of sp³-hybridized carbons (Fsp3) is 0.160. The van der Waals surface area contributed by atoms with Gasteiger partial charge in [0.25, 0.3) is 17.9 Å². The van der Waals surface area contributed by atoms with Crippen LogP contribution < -0.4 is 10.9 Å². The Bertz CT molecular complexity index is 1610. The van der Waals surface area contributed by atoms with E-state index in [-0.39, 0.29) is 32.2 Å². The maximum atomic E-state index is 14.0. The van der Waals surface area contributed by atoms with Crippen molar-refractivity contribution in [1.29, 1.82) is 0 Å². The molecular formula is C25H16Cl2F5N3O3. The minimum Gasteiger partial charge on any atom is -0.505 e. The molecule has 0 aliphatic heterocycles. The first-order chi connectivity index (χ1) is 17.8. The predicted octanol–water partition coefficient (Wildman–Crippen LogP) is 6.97. The van der Waals surface area contributed by atoms with Crippen LogP contribution in [0.4, 0.5) is 27.6 Å². The van der Waals surface area contributed by atoms with Crippen molar-refractivity contribution in [3.05, 3.63) is 97.0 Å². The second kappa shape index (κ2) is 10.2. The topological polar surface area (TPSA) is 84.2 Å². The lowest BCUT2D eigenvalue weighted by Gasteiger charge is -2.18. The van der Waals surface area contributed by atoms with Crippen LogP contribution in [0.1, 0.15) is 39.3 Å². The first-order valence-electron chi connectivity index (χ1n) is 10.8. The molecule has 0 aliphatic carbocycles. The smallest absolute Gasteiger partial charge is 0.416 e. The number of amides is 1. The number of carbonyl (C=O) groups is 1. The lowest BCUT2D eigenvalue weighted by atomic mass is 10.1. The number of phenolic OH excluding ortho intramolecular Hbond substituents is 1. The molecule has 38 heavy (non-hydrogen) atoms. The number of aryl methyl sites for hydroxylation is 1. The summed E-state index contributed by atoms with van der Waals surface area (Å²) in [6, 6.07) is 9.28. The highest BCUT2D eigenvalue weighted by Crippen LogP contribution is 2.34. The van der Waals surface area contributed by atoms with Gasteiger partial charge in [-0.15, -0.1) is 0 Å². The molecule has 4 aromatic rings. The summed E-state index contributed by atoms with van der Waals surface area (Å²) >= 11 is 11.7. The van der Waals surface area contributed by atoms with E-state index in [0.29, 0.717) is 10.1 Å². The van der Waals surface area contributed by atoms with E-state index >= 15 is 0 Å². The number of aromatic hydroxyl groups is 1. The lowest BCUT2D eigenvalue weighted by molar-refractivity contribution is -0.138. The van der Waals surface area contributed by atoms with Crippen molar-refractivity contribution in [3.63, 3.8) is 0 Å². The Hall–Kier alpha value is -3.70. The van der Waals surface area contributed by atoms with E-state index in [2.05, 4.69) is 10.3 Å². The summed E-state index contributed by atoms with van der Waals surface area (Å²) < 4.78 is 69.0. The molecular weight excluding hydrogens is 556 g/mol. The summed E-state index contributed by atoms with van der Waals surface area (Å²) in [6.45, 7) is 0.653. The summed E-state index contributed by atoms with van der Waals surface area (Å²) in [7, 11) is 0. The van der Waals surface area contributed by atoms with E-state index in [0.717, 1.165) is 30.3 Å². The number of nitrogens with zero attached hydrogens (tertiary/aromatic N) is 2. The Morgan fingerprint density at radius 3 is 2.34 bits per heavy atom. The number of benzene rings is 3. The summed E-state index contributed by atoms with van der Waals surface area (Å²) in [6.07, 6.45) is -8.08. The molecule has 0 bridgehead atoms. The van der Waals surface area contributed by atoms with Gasteiger partial charge in [0.15, 0.2) is 11.6 Å². The fourth-order valence-corrected chi connectivity index (χ4v) is 4.38. The number of nitrogens with one attached hydrogen (secondary N) is 1. The summed E-state index contributed by atoms with van der Waals surface area (Å²) in [5.74, 6) is -2.29. The minimum atomic E-state index is -4.79. The normalized spacial score (nSPS) is 11.8. The molecule has 4 rings (SSSR count). The lowest BCUT2D eigenvalue weighted by Crippen LogP contribution is -2.28. The van der Waals surface area contributed by atoms with Crippen LogP contribution >= 0.6 is 23.2 Å². The van der Waals surface area contributed by atoms with Crippen LogP contribution in [-0.2, 0) is 12.7 Å². The van der Waals surface area contributed by atoms with Crippen LogP contribution in [0, 0.1) is 6.92 Å². The number of aromatic nitrogens is 2. The number of fused-ring (bicyclic) bond motifs is 1. The van der Waals surface area contributed by atoms with Crippen molar-refractivity contribution >= 4 is 45.7 Å². The van der Waals surface area contributed by atoms with Gasteiger partial charge in [0, 0.05) is 5.56 Å². The molecule has 198 valence electrons. The molecule has 0 saturated heterocycles. The van der Waals surface area contributed by atoms with Crippen molar-refractivity contribution in [2.24, 2.45) is 0 Å². The molecule has 0 radical (unpaired) electrons. The molecule has 1 heterocycles. The molecule has 0 aliphatic rings. The summed E-state index contributed by atoms with van der Waals surface area (Å²) in [4.78, 5) is 30.3. The van der Waals surface area contributed by atoms with E-state index in [4.69, 9.17) is 23.2 Å². The predicted molar refractivity (Wildman–Crippen MR) is 132 cm³/mol. The van der Waals surface area contributed by atoms with Crippen molar-refractivity contribution in [2.45, 2.75) is 26.1 Å². The monoisotopic (exact) mass is 571 g/mol. The molecule has 3 aromatic carbocycles. The van der Waals surface area contributed by atoms with Gasteiger partial charge < -0.3 is 10.4 Å². The highest BCUT2D eigenvalue weighted by atomic mass is 35.5. The van der Waals surface area contributed by atoms with Crippen LogP contribution in [0.25, 0.3) is 10.9 Å². The van der Waals surface area contributed by atoms with Gasteiger partial charge in [-0.3, -0.25) is 14.2 Å². The van der Waals surface area contributed by atoms with Gasteiger partial charge in [0.1, 0.15) is 0 Å². The number of anilines is 1. The van der Waals surface area contributed by atoms with Gasteiger partial charge in [0.2, 0.25) is 0 Å². The van der Waals surface area contributed by atoms with E-state index in [1.54, 1.807) is 0 Å². The largest absolute Gasteiger partial charge is 0.505 e. The SMILES string of the molecule is Cc1ccc(NC(=O)c2cc(Cl)c(O)c(Cl)c2)c2c(=O)n(Cc3ccccc3C(F)(F)F)c(C(F)F)nc12. The zero-order valence-electron chi connectivity index (χ0n) is 19.2. The van der Waals surface area contributed by atoms with Crippen molar-refractivity contribution in [3.8, 4) is 5.75 Å². The third kappa shape index (κ3) is 5.16. The Morgan fingerprint density at radius 1 is 1.11 bits per heavy atom. The molecule has 2 N–H and O–H groups in total. The quantitative estimate of drug-likeness (QED) is 0.253. The zero-order chi connectivity index (χ0) is 27.9. The van der Waals surface area contributed by atoms with Gasteiger partial charge in [-0.25, -0.2) is 13.8 Å². The van der Waals surface area contributed by atoms with Crippen LogP contribution in [0.2, 0.25) is 10.0 Å². The van der Waals surface area contributed by atoms with Crippen LogP contribution in [-0.4, -0.2) is 20.6 Å². The van der Waals surface area contributed by atoms with Gasteiger partial charge >= 0.3 is 6.18 Å². The molecule has 0 unspecified atom stereocenters. The number of halogens is 7. The Labute approximate surface area is 221 Å². The van der Waals surface area contributed by atoms with E-state index < -0.39 is 53.3 Å². The average molecular weight is 572 g/mol. The van der Waals surface area contributed by atoms with Crippen LogP contribution in [0.15, 0.2) is 53.3 Å². The first kappa shape index (κ1) is 27.3. The molecule has 0 saturated carbocycles. The fourth-order valence-electron chi connectivity index (χ4n) is 3.89. The first-order valence-corrected chi connectivity index (χ1v) is 11.5. The molecule has 0 spiro atoms. The Kier molecular flexibility index (Phi) is 7.35. The minimum absolute atomic E-state index is 0.0943. The highest BCUT2D eigenvalue weighted by Gasteiger charge is 2.33. The zero-order valence-corrected chi connectivity index (χ0v) is 20.7. The van der Waals surface area contributed by atoms with Crippen LogP contribution in [0.3, 0.4) is 0 Å². The summed E-state index contributed by atoms with van der Waals surface area (Å²) in [5, 5.41) is 11.5. The Balaban J connectivity index is 1.90. The molecule has 0 atom stereocenters. The van der Waals surface area contributed by atoms with Crippen molar-refractivity contribution < 1.29 is 31.9 Å². The van der Waals surface area contributed by atoms with E-state index in [1.807, 2.05) is 0 Å². The number of hydrogen-bond acceptors (Lipinski definition) is 4. The second-order valence-corrected chi connectivity index (χ2v) is 9.03. The maximum Gasteiger partial charge on any atom is 0.416 e. The van der Waals surface area contributed by atoms with E-state index in [1.165, 1.54) is 25.1 Å². The maximum absolute atomic E-state index is 14.0. The average Bonchev–Trinajstić information content (AvgIpc) is 2.84. The third-order valence-corrected chi connectivity index (χ3v) is 6.29. The Morgan fingerprint density at radius 2 is 1.74 bits per heavy atom. The molecule has 13 heteroatoms. The second-order valence-electron chi connectivity index (χ2n) is 8.21. The van der Waals surface area contributed by atoms with Crippen molar-refractivity contribution in [1.82, 2.24) is 9.55 Å². The number of phenols is 1.